The van der Waals surface area contributed by atoms with Crippen LogP contribution < -0.4 is 10.1 Å². The monoisotopic (exact) mass is 360 g/mol. The van der Waals surface area contributed by atoms with Crippen LogP contribution in [0, 0.1) is 0 Å². The van der Waals surface area contributed by atoms with Crippen molar-refractivity contribution < 1.29 is 18.3 Å². The highest BCUT2D eigenvalue weighted by molar-refractivity contribution is 8.23. The number of anilines is 1. The Balaban J connectivity index is 1.84. The molecule has 4 nitrogen and oxygen atoms in total. The van der Waals surface area contributed by atoms with Crippen LogP contribution in [-0.4, -0.2) is 40.1 Å². The van der Waals surface area contributed by atoms with E-state index in [-0.39, 0.29) is 16.9 Å². The summed E-state index contributed by atoms with van der Waals surface area (Å²) in [6, 6.07) is 5.81. The van der Waals surface area contributed by atoms with Crippen LogP contribution in [0.3, 0.4) is 0 Å². The molecule has 126 valence electrons. The fourth-order valence-corrected chi connectivity index (χ4v) is 3.56. The van der Waals surface area contributed by atoms with Crippen molar-refractivity contribution in [3.05, 3.63) is 24.3 Å². The quantitative estimate of drug-likeness (QED) is 0.811. The molecule has 0 unspecified atom stereocenters. The van der Waals surface area contributed by atoms with Crippen molar-refractivity contribution in [3.63, 3.8) is 0 Å². The Bertz CT molecular complexity index is 549. The highest BCUT2D eigenvalue weighted by Gasteiger charge is 2.21. The summed E-state index contributed by atoms with van der Waals surface area (Å²) in [6.07, 6.45) is 2.27. The van der Waals surface area contributed by atoms with Crippen molar-refractivity contribution in [1.82, 2.24) is 4.90 Å². The number of ether oxygens (including phenoxy) is 1. The van der Waals surface area contributed by atoms with E-state index in [0.29, 0.717) is 5.69 Å². The van der Waals surface area contributed by atoms with Crippen LogP contribution in [0.1, 0.15) is 19.8 Å². The number of halogens is 2. The molecule has 0 aromatic heterocycles. The summed E-state index contributed by atoms with van der Waals surface area (Å²) in [7, 11) is 0. The Morgan fingerprint density at radius 2 is 1.91 bits per heavy atom. The predicted molar refractivity (Wildman–Crippen MR) is 92.2 cm³/mol. The SMILES string of the molecule is C[C@@H](SC(=S)N1CCCC1)C(=O)Nc1ccc(OC(F)F)cc1. The molecular formula is C15H18F2N2O2S2. The number of thiocarbonyl (C=S) groups is 1. The second-order valence-corrected chi connectivity index (χ2v) is 7.09. The molecule has 1 heterocycles. The number of carbonyl (C=O) groups is 1. The van der Waals surface area contributed by atoms with Gasteiger partial charge >= 0.3 is 6.61 Å². The van der Waals surface area contributed by atoms with Crippen LogP contribution >= 0.6 is 24.0 Å². The van der Waals surface area contributed by atoms with E-state index in [4.69, 9.17) is 12.2 Å². The number of hydrogen-bond acceptors (Lipinski definition) is 4. The van der Waals surface area contributed by atoms with Crippen LogP contribution in [0.2, 0.25) is 0 Å². The van der Waals surface area contributed by atoms with Crippen molar-refractivity contribution >= 4 is 39.9 Å². The molecule has 1 aliphatic rings. The third-order valence-electron chi connectivity index (χ3n) is 3.36. The van der Waals surface area contributed by atoms with Gasteiger partial charge < -0.3 is 15.0 Å². The third-order valence-corrected chi connectivity index (χ3v) is 4.93. The number of carbonyl (C=O) groups excluding carboxylic acids is 1. The van der Waals surface area contributed by atoms with Crippen molar-refractivity contribution in [2.75, 3.05) is 18.4 Å². The molecule has 1 N–H and O–H groups in total. The fraction of sp³-hybridized carbons (Fsp3) is 0.467. The number of thioether (sulfide) groups is 1. The van der Waals surface area contributed by atoms with E-state index in [1.54, 1.807) is 6.92 Å². The Kier molecular flexibility index (Phi) is 6.59. The van der Waals surface area contributed by atoms with Crippen molar-refractivity contribution in [2.24, 2.45) is 0 Å². The minimum Gasteiger partial charge on any atom is -0.435 e. The lowest BCUT2D eigenvalue weighted by Gasteiger charge is -2.20. The zero-order valence-electron chi connectivity index (χ0n) is 12.6. The molecule has 0 spiro atoms. The first-order valence-corrected chi connectivity index (χ1v) is 8.56. The van der Waals surface area contributed by atoms with Crippen molar-refractivity contribution in [3.8, 4) is 5.75 Å². The number of benzene rings is 1. The van der Waals surface area contributed by atoms with Gasteiger partial charge in [0.05, 0.1) is 5.25 Å². The lowest BCUT2D eigenvalue weighted by molar-refractivity contribution is -0.115. The first-order chi connectivity index (χ1) is 11.0. The molecule has 0 radical (unpaired) electrons. The molecule has 23 heavy (non-hydrogen) atoms. The smallest absolute Gasteiger partial charge is 0.387 e. The van der Waals surface area contributed by atoms with E-state index in [1.807, 2.05) is 0 Å². The third kappa shape index (κ3) is 5.62. The van der Waals surface area contributed by atoms with Crippen LogP contribution in [0.4, 0.5) is 14.5 Å². The Hall–Kier alpha value is -1.41. The molecule has 1 aromatic rings. The number of rotatable bonds is 5. The minimum atomic E-state index is -2.86. The van der Waals surface area contributed by atoms with Crippen LogP contribution in [0.25, 0.3) is 0 Å². The van der Waals surface area contributed by atoms with Gasteiger partial charge in [-0.05, 0) is 44.0 Å². The lowest BCUT2D eigenvalue weighted by Crippen LogP contribution is -2.29. The molecule has 2 rings (SSSR count). The van der Waals surface area contributed by atoms with E-state index in [1.165, 1.54) is 36.0 Å². The van der Waals surface area contributed by atoms with Gasteiger partial charge in [-0.15, -0.1) is 0 Å². The number of nitrogens with zero attached hydrogens (tertiary/aromatic N) is 1. The summed E-state index contributed by atoms with van der Waals surface area (Å²) < 4.78 is 29.2. The summed E-state index contributed by atoms with van der Waals surface area (Å²) >= 11 is 6.71. The van der Waals surface area contributed by atoms with E-state index < -0.39 is 6.61 Å². The van der Waals surface area contributed by atoms with Crippen LogP contribution in [0.15, 0.2) is 24.3 Å². The number of hydrogen-bond donors (Lipinski definition) is 1. The number of likely N-dealkylation sites (tertiary alicyclic amines) is 1. The predicted octanol–water partition coefficient (Wildman–Crippen LogP) is 3.73. The van der Waals surface area contributed by atoms with Crippen LogP contribution in [-0.2, 0) is 4.79 Å². The molecule has 1 atom stereocenters. The summed E-state index contributed by atoms with van der Waals surface area (Å²) in [6.45, 7) is 0.826. The topological polar surface area (TPSA) is 41.6 Å². The number of nitrogens with one attached hydrogen (secondary N) is 1. The first kappa shape index (κ1) is 17.9. The summed E-state index contributed by atoms with van der Waals surface area (Å²) in [5.74, 6) is -0.130. The molecule has 1 saturated heterocycles. The Morgan fingerprint density at radius 1 is 1.30 bits per heavy atom. The lowest BCUT2D eigenvalue weighted by atomic mass is 10.3. The summed E-state index contributed by atoms with van der Waals surface area (Å²) in [5.41, 5.74) is 0.524. The van der Waals surface area contributed by atoms with Gasteiger partial charge in [-0.3, -0.25) is 4.79 Å². The Morgan fingerprint density at radius 3 is 2.48 bits per heavy atom. The largest absolute Gasteiger partial charge is 0.435 e. The molecule has 8 heteroatoms. The minimum absolute atomic E-state index is 0.0515. The standard InChI is InChI=1S/C15H18F2N2O2S2/c1-10(23-15(22)19-8-2-3-9-19)13(20)18-11-4-6-12(7-5-11)21-14(16)17/h4-7,10,14H,2-3,8-9H2,1H3,(H,18,20)/t10-/m1/s1. The summed E-state index contributed by atoms with van der Waals surface area (Å²) in [5, 5.41) is 2.40. The van der Waals surface area contributed by atoms with Gasteiger partial charge in [0.1, 0.15) is 10.1 Å². The zero-order chi connectivity index (χ0) is 16.8. The molecular weight excluding hydrogens is 342 g/mol. The first-order valence-electron chi connectivity index (χ1n) is 7.27. The normalized spacial score (nSPS) is 15.6. The van der Waals surface area contributed by atoms with E-state index in [0.717, 1.165) is 30.3 Å². The van der Waals surface area contributed by atoms with Gasteiger partial charge in [0.25, 0.3) is 0 Å². The fourth-order valence-electron chi connectivity index (χ4n) is 2.14. The van der Waals surface area contributed by atoms with Gasteiger partial charge in [0.15, 0.2) is 0 Å². The van der Waals surface area contributed by atoms with Crippen LogP contribution in [0.5, 0.6) is 5.75 Å². The molecule has 1 aliphatic heterocycles. The molecule has 1 fully saturated rings. The second-order valence-electron chi connectivity index (χ2n) is 5.11. The van der Waals surface area contributed by atoms with Crippen molar-refractivity contribution in [2.45, 2.75) is 31.6 Å². The Labute approximate surface area is 143 Å². The van der Waals surface area contributed by atoms with Gasteiger partial charge in [0.2, 0.25) is 5.91 Å². The van der Waals surface area contributed by atoms with Gasteiger partial charge in [-0.2, -0.15) is 8.78 Å². The molecule has 1 aromatic carbocycles. The average Bonchev–Trinajstić information content (AvgIpc) is 3.03. The highest BCUT2D eigenvalue weighted by atomic mass is 32.2. The molecule has 1 amide bonds. The van der Waals surface area contributed by atoms with E-state index in [9.17, 15) is 13.6 Å². The molecule has 0 aliphatic carbocycles. The average molecular weight is 360 g/mol. The maximum atomic E-state index is 12.2. The van der Waals surface area contributed by atoms with Crippen molar-refractivity contribution in [1.29, 1.82) is 0 Å². The summed E-state index contributed by atoms with van der Waals surface area (Å²) in [4.78, 5) is 14.3. The maximum absolute atomic E-state index is 12.2. The number of amides is 1. The molecule has 0 bridgehead atoms. The highest BCUT2D eigenvalue weighted by Crippen LogP contribution is 2.22. The van der Waals surface area contributed by atoms with Gasteiger partial charge in [-0.25, -0.2) is 0 Å². The van der Waals surface area contributed by atoms with E-state index >= 15 is 0 Å². The number of alkyl halides is 2. The van der Waals surface area contributed by atoms with Gasteiger partial charge in [0, 0.05) is 18.8 Å². The zero-order valence-corrected chi connectivity index (χ0v) is 14.3. The maximum Gasteiger partial charge on any atom is 0.387 e. The van der Waals surface area contributed by atoms with E-state index in [2.05, 4.69) is 15.0 Å². The van der Waals surface area contributed by atoms with Gasteiger partial charge in [-0.1, -0.05) is 24.0 Å². The molecule has 0 saturated carbocycles. The second kappa shape index (κ2) is 8.44.